The van der Waals surface area contributed by atoms with Gasteiger partial charge in [-0.3, -0.25) is 9.59 Å². The fourth-order valence-corrected chi connectivity index (χ4v) is 4.93. The smallest absolute Gasteiger partial charge is 0.324 e. The Kier molecular flexibility index (Phi) is 5.79. The van der Waals surface area contributed by atoms with Crippen molar-refractivity contribution in [3.8, 4) is 0 Å². The minimum atomic E-state index is -1.28. The number of nitrogens with zero attached hydrogens (tertiary/aromatic N) is 1. The molecule has 1 spiro atoms. The Hall–Kier alpha value is -2.45. The van der Waals surface area contributed by atoms with Gasteiger partial charge in [-0.25, -0.2) is 4.98 Å². The van der Waals surface area contributed by atoms with E-state index in [1.807, 2.05) is 36.6 Å². The molecule has 3 unspecified atom stereocenters. The number of nitrogens with one attached hydrogen (secondary N) is 1. The van der Waals surface area contributed by atoms with Crippen LogP contribution in [0.5, 0.6) is 0 Å². The van der Waals surface area contributed by atoms with Crippen molar-refractivity contribution in [2.45, 2.75) is 52.2 Å². The van der Waals surface area contributed by atoms with Crippen LogP contribution < -0.4 is 5.32 Å². The van der Waals surface area contributed by atoms with Crippen LogP contribution in [0.2, 0.25) is 0 Å². The number of hydrogen-bond acceptors (Lipinski definition) is 8. The highest BCUT2D eigenvalue weighted by Crippen LogP contribution is 2.52. The number of carbonyl (C=O) groups excluding carboxylic acids is 2. The van der Waals surface area contributed by atoms with Crippen LogP contribution in [0.1, 0.15) is 44.9 Å². The van der Waals surface area contributed by atoms with Gasteiger partial charge in [-0.2, -0.15) is 0 Å². The highest BCUT2D eigenvalue weighted by atomic mass is 32.1. The van der Waals surface area contributed by atoms with Crippen LogP contribution in [0.15, 0.2) is 29.6 Å². The van der Waals surface area contributed by atoms with Crippen molar-refractivity contribution in [3.05, 3.63) is 40.9 Å². The Bertz CT molecular complexity index is 973. The number of ether oxygens (including phenoxy) is 3. The van der Waals surface area contributed by atoms with Gasteiger partial charge in [0.1, 0.15) is 6.10 Å². The van der Waals surface area contributed by atoms with E-state index < -0.39 is 29.1 Å². The molecule has 3 heterocycles. The number of rotatable bonds is 7. The minimum absolute atomic E-state index is 0.214. The van der Waals surface area contributed by atoms with Crippen molar-refractivity contribution >= 4 is 34.1 Å². The molecule has 0 radical (unpaired) electrons. The van der Waals surface area contributed by atoms with E-state index in [1.54, 1.807) is 6.92 Å². The van der Waals surface area contributed by atoms with E-state index in [9.17, 15) is 9.59 Å². The van der Waals surface area contributed by atoms with Crippen molar-refractivity contribution < 1.29 is 23.8 Å². The van der Waals surface area contributed by atoms with Crippen molar-refractivity contribution in [3.63, 3.8) is 0 Å². The summed E-state index contributed by atoms with van der Waals surface area (Å²) in [7, 11) is 0. The predicted molar refractivity (Wildman–Crippen MR) is 117 cm³/mol. The van der Waals surface area contributed by atoms with E-state index in [-0.39, 0.29) is 19.4 Å². The molecule has 2 saturated heterocycles. The van der Waals surface area contributed by atoms with Gasteiger partial charge >= 0.3 is 11.9 Å². The second kappa shape index (κ2) is 8.24. The van der Waals surface area contributed by atoms with E-state index in [2.05, 4.69) is 24.1 Å². The van der Waals surface area contributed by atoms with Crippen molar-refractivity contribution in [1.29, 1.82) is 0 Å². The molecule has 1 aromatic carbocycles. The molecule has 7 nitrogen and oxygen atoms in total. The van der Waals surface area contributed by atoms with Gasteiger partial charge in [0.2, 0.25) is 0 Å². The number of cyclic esters (lactones) is 2. The van der Waals surface area contributed by atoms with E-state index in [0.29, 0.717) is 23.4 Å². The first-order valence-corrected chi connectivity index (χ1v) is 11.4. The van der Waals surface area contributed by atoms with E-state index in [4.69, 9.17) is 14.2 Å². The third-order valence-corrected chi connectivity index (χ3v) is 6.45. The summed E-state index contributed by atoms with van der Waals surface area (Å²) >= 11 is 1.43. The van der Waals surface area contributed by atoms with Crippen molar-refractivity contribution in [2.24, 2.45) is 11.3 Å². The zero-order chi connectivity index (χ0) is 22.2. The van der Waals surface area contributed by atoms with Crippen LogP contribution in [0, 0.1) is 18.3 Å². The number of hydrogen-bond donors (Lipinski definition) is 1. The molecule has 3 atom stereocenters. The van der Waals surface area contributed by atoms with Crippen LogP contribution in [0.25, 0.3) is 0 Å². The Balaban J connectivity index is 1.46. The number of esters is 2. The van der Waals surface area contributed by atoms with Crippen LogP contribution in [0.3, 0.4) is 0 Å². The molecule has 0 aliphatic carbocycles. The largest absolute Gasteiger partial charge is 0.459 e. The molecule has 4 rings (SSSR count). The number of aromatic nitrogens is 1. The summed E-state index contributed by atoms with van der Waals surface area (Å²) in [5.41, 5.74) is 0.477. The summed E-state index contributed by atoms with van der Waals surface area (Å²) in [6.45, 7) is 8.82. The van der Waals surface area contributed by atoms with Gasteiger partial charge in [0, 0.05) is 30.5 Å². The SMILES string of the molecule is Cc1ccc(Nc2nc(C3(C)CC4(CC(COCC(C)C)OC4=O)C(=O)O3)cs2)cc1. The van der Waals surface area contributed by atoms with Gasteiger partial charge < -0.3 is 19.5 Å². The Labute approximate surface area is 186 Å². The number of carbonyl (C=O) groups is 2. The molecule has 2 aliphatic rings. The normalized spacial score (nSPS) is 27.7. The molecule has 31 heavy (non-hydrogen) atoms. The maximum absolute atomic E-state index is 12.9. The summed E-state index contributed by atoms with van der Waals surface area (Å²) in [6.07, 6.45) is 0.0542. The van der Waals surface area contributed by atoms with Crippen molar-refractivity contribution in [1.82, 2.24) is 4.98 Å². The summed E-state index contributed by atoms with van der Waals surface area (Å²) in [5, 5.41) is 5.84. The summed E-state index contributed by atoms with van der Waals surface area (Å²) < 4.78 is 16.8. The van der Waals surface area contributed by atoms with Gasteiger partial charge in [-0.05, 0) is 31.9 Å². The Morgan fingerprint density at radius 2 is 2.00 bits per heavy atom. The lowest BCUT2D eigenvalue weighted by molar-refractivity contribution is -0.160. The first kappa shape index (κ1) is 21.8. The first-order valence-electron chi connectivity index (χ1n) is 10.5. The minimum Gasteiger partial charge on any atom is -0.459 e. The average molecular weight is 445 g/mol. The fourth-order valence-electron chi connectivity index (χ4n) is 4.08. The van der Waals surface area contributed by atoms with Gasteiger partial charge in [-0.15, -0.1) is 11.3 Å². The topological polar surface area (TPSA) is 86.8 Å². The van der Waals surface area contributed by atoms with Crippen LogP contribution >= 0.6 is 11.3 Å². The van der Waals surface area contributed by atoms with Crippen LogP contribution in [-0.2, 0) is 29.4 Å². The lowest BCUT2D eigenvalue weighted by Crippen LogP contribution is -2.32. The standard InChI is InChI=1S/C23H28N2O5S/c1-14(2)10-28-11-17-9-23(19(26)29-17)13-22(4,30-20(23)27)18-12-31-21(25-18)24-16-7-5-15(3)6-8-16/h5-8,12,14,17H,9-11,13H2,1-4H3,(H,24,25). The average Bonchev–Trinajstić information content (AvgIpc) is 3.36. The third-order valence-electron chi connectivity index (χ3n) is 5.69. The van der Waals surface area contributed by atoms with Gasteiger partial charge in [0.25, 0.3) is 0 Å². The zero-order valence-corrected chi connectivity index (χ0v) is 19.1. The maximum Gasteiger partial charge on any atom is 0.324 e. The second-order valence-corrected chi connectivity index (χ2v) is 9.93. The molecule has 2 aliphatic heterocycles. The highest BCUT2D eigenvalue weighted by molar-refractivity contribution is 7.13. The molecular weight excluding hydrogens is 416 g/mol. The molecule has 2 fully saturated rings. The molecule has 0 bridgehead atoms. The van der Waals surface area contributed by atoms with Crippen LogP contribution in [0.4, 0.5) is 10.8 Å². The predicted octanol–water partition coefficient (Wildman–Crippen LogP) is 4.33. The van der Waals surface area contributed by atoms with Crippen molar-refractivity contribution in [2.75, 3.05) is 18.5 Å². The molecule has 1 aromatic heterocycles. The first-order chi connectivity index (χ1) is 14.7. The number of aryl methyl sites for hydroxylation is 1. The lowest BCUT2D eigenvalue weighted by Gasteiger charge is -2.20. The molecule has 0 amide bonds. The van der Waals surface area contributed by atoms with Gasteiger partial charge in [0.15, 0.2) is 16.1 Å². The monoisotopic (exact) mass is 444 g/mol. The van der Waals surface area contributed by atoms with Gasteiger partial charge in [-0.1, -0.05) is 31.5 Å². The van der Waals surface area contributed by atoms with E-state index in [1.165, 1.54) is 16.9 Å². The molecule has 0 saturated carbocycles. The highest BCUT2D eigenvalue weighted by Gasteiger charge is 2.65. The number of benzene rings is 1. The number of thiazole rings is 1. The molecule has 8 heteroatoms. The quantitative estimate of drug-likeness (QED) is 0.502. The van der Waals surface area contributed by atoms with E-state index in [0.717, 1.165) is 5.69 Å². The molecule has 2 aromatic rings. The van der Waals surface area contributed by atoms with Crippen LogP contribution in [-0.4, -0.2) is 36.2 Å². The molecule has 166 valence electrons. The Morgan fingerprint density at radius 3 is 2.71 bits per heavy atom. The van der Waals surface area contributed by atoms with Gasteiger partial charge in [0.05, 0.1) is 12.3 Å². The summed E-state index contributed by atoms with van der Waals surface area (Å²) in [6, 6.07) is 8.01. The summed E-state index contributed by atoms with van der Waals surface area (Å²) in [5.74, 6) is -0.668. The fraction of sp³-hybridized carbons (Fsp3) is 0.522. The zero-order valence-electron chi connectivity index (χ0n) is 18.3. The summed E-state index contributed by atoms with van der Waals surface area (Å²) in [4.78, 5) is 30.2. The second-order valence-electron chi connectivity index (χ2n) is 9.07. The Morgan fingerprint density at radius 1 is 1.26 bits per heavy atom. The third kappa shape index (κ3) is 4.32. The lowest BCUT2D eigenvalue weighted by atomic mass is 9.78. The maximum atomic E-state index is 12.9. The molecule has 1 N–H and O–H groups in total. The van der Waals surface area contributed by atoms with E-state index >= 15 is 0 Å². The molecular formula is C23H28N2O5S. The number of anilines is 2.